The molecule has 2 atom stereocenters. The van der Waals surface area contributed by atoms with Crippen LogP contribution in [0.5, 0.6) is 11.5 Å². The maximum Gasteiger partial charge on any atom is 0.163 e. The first-order valence-corrected chi connectivity index (χ1v) is 10.1. The summed E-state index contributed by atoms with van der Waals surface area (Å²) in [6.45, 7) is 0.348. The van der Waals surface area contributed by atoms with E-state index in [4.69, 9.17) is 25.7 Å². The SMILES string of the molecule is COc1cc2c(N)c(C#N)cnc2cc1OCC1CCC(n2ccc3c(N)ncnc32)O1. The van der Waals surface area contributed by atoms with E-state index in [2.05, 4.69) is 15.0 Å². The average molecular weight is 431 g/mol. The molecule has 1 aliphatic heterocycles. The lowest BCUT2D eigenvalue weighted by Gasteiger charge is -2.18. The fraction of sp³-hybridized carbons (Fsp3) is 0.273. The van der Waals surface area contributed by atoms with Crippen molar-refractivity contribution in [2.45, 2.75) is 25.2 Å². The molecule has 1 aliphatic rings. The number of nitrogens with zero attached hydrogens (tertiary/aromatic N) is 5. The first kappa shape index (κ1) is 19.8. The Morgan fingerprint density at radius 1 is 1.19 bits per heavy atom. The summed E-state index contributed by atoms with van der Waals surface area (Å²) in [6.07, 6.45) is 6.23. The normalized spacial score (nSPS) is 18.1. The molecule has 1 fully saturated rings. The van der Waals surface area contributed by atoms with Gasteiger partial charge in [0.2, 0.25) is 0 Å². The van der Waals surface area contributed by atoms with Crippen LogP contribution in [0.1, 0.15) is 24.6 Å². The minimum absolute atomic E-state index is 0.101. The van der Waals surface area contributed by atoms with E-state index < -0.39 is 0 Å². The molecule has 0 bridgehead atoms. The second-order valence-electron chi connectivity index (χ2n) is 7.54. The summed E-state index contributed by atoms with van der Waals surface area (Å²) in [5.41, 5.74) is 14.1. The Balaban J connectivity index is 1.33. The molecule has 4 aromatic rings. The number of nitrogens with two attached hydrogens (primary N) is 2. The minimum atomic E-state index is -0.153. The van der Waals surface area contributed by atoms with Gasteiger partial charge in [0.25, 0.3) is 0 Å². The molecule has 0 saturated carbocycles. The fourth-order valence-corrected chi connectivity index (χ4v) is 4.00. The number of rotatable bonds is 5. The third-order valence-electron chi connectivity index (χ3n) is 5.68. The molecule has 32 heavy (non-hydrogen) atoms. The maximum absolute atomic E-state index is 9.17. The van der Waals surface area contributed by atoms with Crippen LogP contribution < -0.4 is 20.9 Å². The van der Waals surface area contributed by atoms with E-state index in [0.29, 0.717) is 46.1 Å². The first-order chi connectivity index (χ1) is 15.6. The van der Waals surface area contributed by atoms with Gasteiger partial charge in [0.05, 0.1) is 35.4 Å². The molecule has 10 heteroatoms. The highest BCUT2D eigenvalue weighted by Gasteiger charge is 2.28. The molecule has 162 valence electrons. The Labute approximate surface area is 183 Å². The smallest absolute Gasteiger partial charge is 0.163 e. The van der Waals surface area contributed by atoms with Crippen LogP contribution >= 0.6 is 0 Å². The molecule has 0 amide bonds. The van der Waals surface area contributed by atoms with Crippen LogP contribution in [-0.4, -0.2) is 39.3 Å². The van der Waals surface area contributed by atoms with Crippen LogP contribution in [0.15, 0.2) is 36.9 Å². The van der Waals surface area contributed by atoms with E-state index in [0.717, 1.165) is 23.9 Å². The molecule has 5 rings (SSSR count). The zero-order valence-electron chi connectivity index (χ0n) is 17.4. The van der Waals surface area contributed by atoms with Gasteiger partial charge in [-0.1, -0.05) is 0 Å². The van der Waals surface area contributed by atoms with E-state index in [-0.39, 0.29) is 12.3 Å². The van der Waals surface area contributed by atoms with E-state index in [9.17, 15) is 5.26 Å². The van der Waals surface area contributed by atoms with Gasteiger partial charge in [-0.25, -0.2) is 9.97 Å². The zero-order chi connectivity index (χ0) is 22.2. The van der Waals surface area contributed by atoms with Gasteiger partial charge in [0, 0.05) is 23.8 Å². The average Bonchev–Trinajstić information content (AvgIpc) is 3.45. The second kappa shape index (κ2) is 7.86. The van der Waals surface area contributed by atoms with Crippen molar-refractivity contribution >= 4 is 33.4 Å². The van der Waals surface area contributed by atoms with Crippen molar-refractivity contribution in [2.24, 2.45) is 0 Å². The van der Waals surface area contributed by atoms with Gasteiger partial charge in [-0.15, -0.1) is 0 Å². The van der Waals surface area contributed by atoms with Gasteiger partial charge in [-0.05, 0) is 25.0 Å². The maximum atomic E-state index is 9.17. The minimum Gasteiger partial charge on any atom is -0.493 e. The van der Waals surface area contributed by atoms with Crippen LogP contribution in [0, 0.1) is 11.3 Å². The van der Waals surface area contributed by atoms with Crippen LogP contribution in [0.25, 0.3) is 21.9 Å². The number of fused-ring (bicyclic) bond motifs is 2. The number of hydrogen-bond acceptors (Lipinski definition) is 9. The van der Waals surface area contributed by atoms with E-state index in [1.165, 1.54) is 12.5 Å². The zero-order valence-corrected chi connectivity index (χ0v) is 17.4. The number of ether oxygens (including phenoxy) is 3. The summed E-state index contributed by atoms with van der Waals surface area (Å²) < 4.78 is 19.7. The molecule has 1 aromatic carbocycles. The number of anilines is 2. The largest absolute Gasteiger partial charge is 0.493 e. The molecule has 4 N–H and O–H groups in total. The van der Waals surface area contributed by atoms with Gasteiger partial charge < -0.3 is 30.2 Å². The van der Waals surface area contributed by atoms with Crippen molar-refractivity contribution in [3.63, 3.8) is 0 Å². The van der Waals surface area contributed by atoms with E-state index in [1.807, 2.05) is 22.9 Å². The van der Waals surface area contributed by atoms with Crippen LogP contribution in [0.4, 0.5) is 11.5 Å². The standard InChI is InChI=1S/C22H21N7O3/c1-30-17-6-15-16(26-9-12(8-23)20(15)24)7-18(17)31-10-13-2-3-19(32-13)29-5-4-14-21(25)27-11-28-22(14)29/h4-7,9,11,13,19H,2-3,10H2,1H3,(H2,24,26)(H2,25,27,28). The lowest BCUT2D eigenvalue weighted by molar-refractivity contribution is -0.0159. The van der Waals surface area contributed by atoms with Crippen molar-refractivity contribution in [3.8, 4) is 17.6 Å². The number of nitriles is 1. The number of pyridine rings is 1. The molecular weight excluding hydrogens is 410 g/mol. The highest BCUT2D eigenvalue weighted by atomic mass is 16.6. The van der Waals surface area contributed by atoms with E-state index >= 15 is 0 Å². The summed E-state index contributed by atoms with van der Waals surface area (Å²) in [4.78, 5) is 12.7. The summed E-state index contributed by atoms with van der Waals surface area (Å²) in [5, 5.41) is 10.6. The van der Waals surface area contributed by atoms with Crippen molar-refractivity contribution < 1.29 is 14.2 Å². The molecule has 1 saturated heterocycles. The Hall–Kier alpha value is -4.10. The quantitative estimate of drug-likeness (QED) is 0.486. The third kappa shape index (κ3) is 3.29. The van der Waals surface area contributed by atoms with Gasteiger partial charge in [-0.2, -0.15) is 5.26 Å². The summed E-state index contributed by atoms with van der Waals surface area (Å²) in [7, 11) is 1.55. The van der Waals surface area contributed by atoms with Crippen molar-refractivity contribution in [3.05, 3.63) is 42.5 Å². The van der Waals surface area contributed by atoms with Crippen molar-refractivity contribution in [2.75, 3.05) is 25.2 Å². The fourth-order valence-electron chi connectivity index (χ4n) is 4.00. The predicted molar refractivity (Wildman–Crippen MR) is 118 cm³/mol. The Morgan fingerprint density at radius 3 is 2.88 bits per heavy atom. The molecular formula is C22H21N7O3. The van der Waals surface area contributed by atoms with Crippen LogP contribution in [0.2, 0.25) is 0 Å². The van der Waals surface area contributed by atoms with Gasteiger partial charge >= 0.3 is 0 Å². The first-order valence-electron chi connectivity index (χ1n) is 10.1. The van der Waals surface area contributed by atoms with Crippen LogP contribution in [0.3, 0.4) is 0 Å². The molecule has 0 spiro atoms. The monoisotopic (exact) mass is 431 g/mol. The number of benzene rings is 1. The molecule has 10 nitrogen and oxygen atoms in total. The van der Waals surface area contributed by atoms with Crippen molar-refractivity contribution in [1.29, 1.82) is 5.26 Å². The number of methoxy groups -OCH3 is 1. The Kier molecular flexibility index (Phi) is 4.88. The summed E-state index contributed by atoms with van der Waals surface area (Å²) in [6, 6.07) is 7.44. The van der Waals surface area contributed by atoms with Crippen LogP contribution in [-0.2, 0) is 4.74 Å². The number of hydrogen-bond donors (Lipinski definition) is 2. The van der Waals surface area contributed by atoms with Crippen molar-refractivity contribution in [1.82, 2.24) is 19.5 Å². The Morgan fingerprint density at radius 2 is 2.06 bits per heavy atom. The van der Waals surface area contributed by atoms with Gasteiger partial charge in [-0.3, -0.25) is 4.98 Å². The molecule has 0 radical (unpaired) electrons. The lowest BCUT2D eigenvalue weighted by atomic mass is 10.1. The lowest BCUT2D eigenvalue weighted by Crippen LogP contribution is -2.18. The second-order valence-corrected chi connectivity index (χ2v) is 7.54. The number of nitrogen functional groups attached to an aromatic ring is 2. The van der Waals surface area contributed by atoms with E-state index in [1.54, 1.807) is 19.2 Å². The summed E-state index contributed by atoms with van der Waals surface area (Å²) >= 11 is 0. The molecule has 4 heterocycles. The van der Waals surface area contributed by atoms with Gasteiger partial charge in [0.1, 0.15) is 36.7 Å². The van der Waals surface area contributed by atoms with Gasteiger partial charge in [0.15, 0.2) is 11.5 Å². The highest BCUT2D eigenvalue weighted by Crippen LogP contribution is 2.36. The predicted octanol–water partition coefficient (Wildman–Crippen LogP) is 2.78. The molecule has 3 aromatic heterocycles. The number of aromatic nitrogens is 4. The topological polar surface area (TPSA) is 147 Å². The molecule has 2 unspecified atom stereocenters. The Bertz CT molecular complexity index is 1360. The molecule has 0 aliphatic carbocycles. The third-order valence-corrected chi connectivity index (χ3v) is 5.68. The highest BCUT2D eigenvalue weighted by molar-refractivity contribution is 5.94. The summed E-state index contributed by atoms with van der Waals surface area (Å²) in [5.74, 6) is 1.50.